The summed E-state index contributed by atoms with van der Waals surface area (Å²) in [7, 11) is 0. The zero-order valence-electron chi connectivity index (χ0n) is 8.71. The highest BCUT2D eigenvalue weighted by Crippen LogP contribution is 2.97. The van der Waals surface area contributed by atoms with Crippen molar-refractivity contribution in [3.05, 3.63) is 0 Å². The van der Waals surface area contributed by atoms with Gasteiger partial charge in [-0.15, -0.1) is 0 Å². The number of hydrogen-bond donors (Lipinski definition) is 0. The molecular formula is C14H18. The van der Waals surface area contributed by atoms with Crippen LogP contribution in [0.3, 0.4) is 0 Å². The number of rotatable bonds is 0. The van der Waals surface area contributed by atoms with Crippen LogP contribution in [-0.2, 0) is 0 Å². The summed E-state index contributed by atoms with van der Waals surface area (Å²) < 4.78 is 0. The smallest absolute Gasteiger partial charge is 0.0170 e. The minimum atomic E-state index is 0.936. The lowest BCUT2D eigenvalue weighted by atomic mass is 9.50. The lowest BCUT2D eigenvalue weighted by molar-refractivity contribution is -0.0650. The molecule has 6 aliphatic rings. The maximum atomic E-state index is 1.72. The van der Waals surface area contributed by atoms with E-state index >= 15 is 0 Å². The molecule has 0 aromatic carbocycles. The zero-order chi connectivity index (χ0) is 8.71. The SMILES string of the molecule is C1CC23CCC4C5C(CC26C4C56)C1C3. The highest BCUT2D eigenvalue weighted by Gasteiger charge is 2.92. The van der Waals surface area contributed by atoms with Gasteiger partial charge in [0.1, 0.15) is 0 Å². The predicted octanol–water partition coefficient (Wildman–Crippen LogP) is 3.08. The molecule has 0 amide bonds. The molecule has 6 aliphatic carbocycles. The summed E-state index contributed by atoms with van der Waals surface area (Å²) in [5.74, 6) is 7.57. The summed E-state index contributed by atoms with van der Waals surface area (Å²) in [5, 5.41) is 0. The van der Waals surface area contributed by atoms with Gasteiger partial charge in [0.15, 0.2) is 0 Å². The van der Waals surface area contributed by atoms with Crippen LogP contribution >= 0.6 is 0 Å². The Morgan fingerprint density at radius 1 is 0.857 bits per heavy atom. The Balaban J connectivity index is 1.73. The van der Waals surface area contributed by atoms with Crippen molar-refractivity contribution in [1.82, 2.24) is 0 Å². The van der Waals surface area contributed by atoms with Crippen LogP contribution in [-0.4, -0.2) is 0 Å². The van der Waals surface area contributed by atoms with Crippen molar-refractivity contribution in [2.45, 2.75) is 38.5 Å². The molecule has 0 saturated heterocycles. The third-order valence-electron chi connectivity index (χ3n) is 8.10. The van der Waals surface area contributed by atoms with Gasteiger partial charge in [-0.2, -0.15) is 0 Å². The van der Waals surface area contributed by atoms with E-state index in [9.17, 15) is 0 Å². The van der Waals surface area contributed by atoms with Crippen LogP contribution in [0.5, 0.6) is 0 Å². The lowest BCUT2D eigenvalue weighted by Crippen LogP contribution is -2.48. The summed E-state index contributed by atoms with van der Waals surface area (Å²) in [6.07, 6.45) is 10.00. The lowest BCUT2D eigenvalue weighted by Gasteiger charge is -2.55. The number of hydrogen-bond acceptors (Lipinski definition) is 0. The fourth-order valence-corrected chi connectivity index (χ4v) is 8.11. The minimum absolute atomic E-state index is 0.936. The first kappa shape index (κ1) is 6.55. The Bertz CT molecular complexity index is 370. The van der Waals surface area contributed by atoms with Crippen LogP contribution < -0.4 is 0 Å². The van der Waals surface area contributed by atoms with Crippen molar-refractivity contribution in [2.75, 3.05) is 0 Å². The molecule has 0 aromatic heterocycles. The van der Waals surface area contributed by atoms with Gasteiger partial charge in [-0.05, 0) is 84.9 Å². The number of fused-ring (bicyclic) bond motifs is 5. The summed E-state index contributed by atoms with van der Waals surface area (Å²) in [6.45, 7) is 0. The van der Waals surface area contributed by atoms with E-state index < -0.39 is 0 Å². The molecule has 0 heteroatoms. The molecule has 8 atom stereocenters. The van der Waals surface area contributed by atoms with Crippen molar-refractivity contribution < 1.29 is 0 Å². The normalized spacial score (nSPS) is 84.0. The molecule has 0 nitrogen and oxygen atoms in total. The molecule has 74 valence electrons. The highest BCUT2D eigenvalue weighted by molar-refractivity contribution is 5.39. The van der Waals surface area contributed by atoms with Crippen LogP contribution in [0.4, 0.5) is 0 Å². The van der Waals surface area contributed by atoms with Gasteiger partial charge >= 0.3 is 0 Å². The predicted molar refractivity (Wildman–Crippen MR) is 53.5 cm³/mol. The van der Waals surface area contributed by atoms with Gasteiger partial charge in [-0.1, -0.05) is 0 Å². The Kier molecular flexibility index (Phi) is 0.676. The molecule has 0 N–H and O–H groups in total. The summed E-state index contributed by atoms with van der Waals surface area (Å²) >= 11 is 0. The van der Waals surface area contributed by atoms with E-state index in [1.165, 1.54) is 35.5 Å². The van der Waals surface area contributed by atoms with E-state index in [1.54, 1.807) is 38.5 Å². The van der Waals surface area contributed by atoms with Gasteiger partial charge in [0, 0.05) is 0 Å². The molecule has 6 fully saturated rings. The molecule has 6 saturated carbocycles. The molecule has 0 heterocycles. The van der Waals surface area contributed by atoms with Gasteiger partial charge in [0.2, 0.25) is 0 Å². The van der Waals surface area contributed by atoms with E-state index in [1.807, 2.05) is 0 Å². The average Bonchev–Trinajstić information content (AvgIpc) is 2.52. The largest absolute Gasteiger partial charge is 0.0496 e. The Morgan fingerprint density at radius 2 is 1.79 bits per heavy atom. The Morgan fingerprint density at radius 3 is 2.79 bits per heavy atom. The van der Waals surface area contributed by atoms with E-state index in [4.69, 9.17) is 0 Å². The van der Waals surface area contributed by atoms with Crippen LogP contribution in [0, 0.1) is 46.3 Å². The van der Waals surface area contributed by atoms with Gasteiger partial charge in [-0.25, -0.2) is 0 Å². The molecule has 0 aromatic rings. The van der Waals surface area contributed by atoms with Crippen LogP contribution in [0.15, 0.2) is 0 Å². The molecular weight excluding hydrogens is 168 g/mol. The first-order chi connectivity index (χ1) is 6.87. The van der Waals surface area contributed by atoms with Gasteiger partial charge in [0.25, 0.3) is 0 Å². The molecule has 14 heavy (non-hydrogen) atoms. The third kappa shape index (κ3) is 0.344. The second kappa shape index (κ2) is 1.44. The molecule has 0 radical (unpaired) electrons. The second-order valence-electron chi connectivity index (χ2n) is 7.52. The standard InChI is InChI=1S/C14H18/c1-3-13-4-2-8-10-9(7(1)5-13)6-14(13)11(8)12(10)14/h7-12H,1-6H2. The zero-order valence-corrected chi connectivity index (χ0v) is 8.71. The summed E-state index contributed by atoms with van der Waals surface area (Å²) in [4.78, 5) is 0. The Hall–Kier alpha value is 0. The van der Waals surface area contributed by atoms with Crippen LogP contribution in [0.1, 0.15) is 38.5 Å². The van der Waals surface area contributed by atoms with E-state index in [0.717, 1.165) is 10.8 Å². The fraction of sp³-hybridized carbons (Fsp3) is 1.00. The van der Waals surface area contributed by atoms with Crippen molar-refractivity contribution in [3.63, 3.8) is 0 Å². The second-order valence-corrected chi connectivity index (χ2v) is 7.52. The monoisotopic (exact) mass is 186 g/mol. The topological polar surface area (TPSA) is 0 Å². The van der Waals surface area contributed by atoms with E-state index in [2.05, 4.69) is 0 Å². The van der Waals surface area contributed by atoms with Crippen molar-refractivity contribution in [1.29, 1.82) is 0 Å². The van der Waals surface area contributed by atoms with E-state index in [-0.39, 0.29) is 0 Å². The average molecular weight is 186 g/mol. The molecule has 2 spiro atoms. The van der Waals surface area contributed by atoms with Crippen LogP contribution in [0.25, 0.3) is 0 Å². The third-order valence-corrected chi connectivity index (χ3v) is 8.10. The van der Waals surface area contributed by atoms with Crippen molar-refractivity contribution in [3.8, 4) is 0 Å². The minimum Gasteiger partial charge on any atom is -0.0496 e. The summed E-state index contributed by atoms with van der Waals surface area (Å²) in [6, 6.07) is 0. The summed E-state index contributed by atoms with van der Waals surface area (Å²) in [5.41, 5.74) is 1.93. The Labute approximate surface area is 85.4 Å². The first-order valence-electron chi connectivity index (χ1n) is 6.87. The van der Waals surface area contributed by atoms with Gasteiger partial charge < -0.3 is 0 Å². The van der Waals surface area contributed by atoms with Crippen molar-refractivity contribution in [2.24, 2.45) is 46.3 Å². The molecule has 8 unspecified atom stereocenters. The van der Waals surface area contributed by atoms with E-state index in [0.29, 0.717) is 0 Å². The maximum Gasteiger partial charge on any atom is -0.0170 e. The molecule has 4 bridgehead atoms. The fourth-order valence-electron chi connectivity index (χ4n) is 8.11. The van der Waals surface area contributed by atoms with Crippen molar-refractivity contribution >= 4 is 0 Å². The van der Waals surface area contributed by atoms with Crippen LogP contribution in [0.2, 0.25) is 0 Å². The quantitative estimate of drug-likeness (QED) is 0.545. The molecule has 0 aliphatic heterocycles. The van der Waals surface area contributed by atoms with Gasteiger partial charge in [-0.3, -0.25) is 0 Å². The first-order valence-corrected chi connectivity index (χ1v) is 6.87. The highest BCUT2D eigenvalue weighted by atomic mass is 15.0. The molecule has 6 rings (SSSR count). The van der Waals surface area contributed by atoms with Gasteiger partial charge in [0.05, 0.1) is 0 Å². The maximum absolute atomic E-state index is 1.72.